The van der Waals surface area contributed by atoms with E-state index in [-0.39, 0.29) is 12.5 Å². The Bertz CT molecular complexity index is 1160. The molecule has 0 spiro atoms. The van der Waals surface area contributed by atoms with Gasteiger partial charge in [0.05, 0.1) is 5.69 Å². The third kappa shape index (κ3) is 4.43. The van der Waals surface area contributed by atoms with Crippen LogP contribution in [-0.4, -0.2) is 27.5 Å². The van der Waals surface area contributed by atoms with Gasteiger partial charge in [0.25, 0.3) is 5.91 Å². The number of nitrogens with zero attached hydrogens (tertiary/aromatic N) is 3. The zero-order valence-electron chi connectivity index (χ0n) is 16.6. The molecule has 0 atom stereocenters. The van der Waals surface area contributed by atoms with Crippen LogP contribution in [-0.2, 0) is 4.79 Å². The van der Waals surface area contributed by atoms with Crippen LogP contribution < -0.4 is 10.1 Å². The number of nitrogens with one attached hydrogen (secondary N) is 1. The molecule has 0 aliphatic rings. The summed E-state index contributed by atoms with van der Waals surface area (Å²) in [6.07, 6.45) is 0. The standard InChI is InChI=1S/C23H22N4O2/c1-15-4-7-19(8-5-15)27-25-21-9-6-18(13-22(21)26-27)24-23(28)14-29-20-11-16(2)10-17(3)12-20/h4-13H,14H2,1-3H3,(H,24,28). The monoisotopic (exact) mass is 386 g/mol. The Morgan fingerprint density at radius 3 is 2.28 bits per heavy atom. The van der Waals surface area contributed by atoms with Gasteiger partial charge in [-0.3, -0.25) is 4.79 Å². The summed E-state index contributed by atoms with van der Waals surface area (Å²) in [6, 6.07) is 19.3. The summed E-state index contributed by atoms with van der Waals surface area (Å²) in [5, 5.41) is 11.9. The van der Waals surface area contributed by atoms with Gasteiger partial charge < -0.3 is 10.1 Å². The molecule has 29 heavy (non-hydrogen) atoms. The molecule has 4 aromatic rings. The van der Waals surface area contributed by atoms with E-state index >= 15 is 0 Å². The fourth-order valence-corrected chi connectivity index (χ4v) is 3.15. The molecule has 0 radical (unpaired) electrons. The Labute approximate surface area is 169 Å². The fraction of sp³-hybridized carbons (Fsp3) is 0.174. The normalized spacial score (nSPS) is 10.9. The predicted octanol–water partition coefficient (Wildman–Crippen LogP) is 4.36. The second-order valence-corrected chi connectivity index (χ2v) is 7.19. The van der Waals surface area contributed by atoms with Gasteiger partial charge in [0.1, 0.15) is 16.8 Å². The molecule has 146 valence electrons. The zero-order valence-corrected chi connectivity index (χ0v) is 16.6. The zero-order chi connectivity index (χ0) is 20.4. The molecule has 0 aliphatic heterocycles. The van der Waals surface area contributed by atoms with E-state index in [1.807, 2.05) is 75.4 Å². The van der Waals surface area contributed by atoms with Crippen molar-refractivity contribution >= 4 is 22.6 Å². The average molecular weight is 386 g/mol. The summed E-state index contributed by atoms with van der Waals surface area (Å²) in [4.78, 5) is 13.9. The first-order chi connectivity index (χ1) is 14.0. The van der Waals surface area contributed by atoms with Crippen LogP contribution in [0.15, 0.2) is 60.7 Å². The van der Waals surface area contributed by atoms with Gasteiger partial charge in [-0.1, -0.05) is 23.8 Å². The Balaban J connectivity index is 1.45. The van der Waals surface area contributed by atoms with E-state index in [9.17, 15) is 4.79 Å². The smallest absolute Gasteiger partial charge is 0.262 e. The highest BCUT2D eigenvalue weighted by Crippen LogP contribution is 2.19. The molecule has 1 heterocycles. The molecule has 1 N–H and O–H groups in total. The van der Waals surface area contributed by atoms with Gasteiger partial charge in [0, 0.05) is 5.69 Å². The van der Waals surface area contributed by atoms with Crippen LogP contribution in [0.4, 0.5) is 5.69 Å². The van der Waals surface area contributed by atoms with Gasteiger partial charge in [-0.05, 0) is 74.4 Å². The second kappa shape index (κ2) is 7.75. The summed E-state index contributed by atoms with van der Waals surface area (Å²) in [5.74, 6) is 0.462. The van der Waals surface area contributed by atoms with Crippen molar-refractivity contribution in [3.63, 3.8) is 0 Å². The lowest BCUT2D eigenvalue weighted by molar-refractivity contribution is -0.118. The summed E-state index contributed by atoms with van der Waals surface area (Å²) in [6.45, 7) is 5.98. The van der Waals surface area contributed by atoms with Gasteiger partial charge >= 0.3 is 0 Å². The predicted molar refractivity (Wildman–Crippen MR) is 114 cm³/mol. The molecule has 0 unspecified atom stereocenters. The number of anilines is 1. The van der Waals surface area contributed by atoms with Crippen LogP contribution in [0.25, 0.3) is 16.7 Å². The van der Waals surface area contributed by atoms with Crippen LogP contribution in [0.3, 0.4) is 0 Å². The largest absolute Gasteiger partial charge is 0.484 e. The topological polar surface area (TPSA) is 69.0 Å². The number of benzene rings is 3. The fourth-order valence-electron chi connectivity index (χ4n) is 3.15. The number of fused-ring (bicyclic) bond motifs is 1. The van der Waals surface area contributed by atoms with Crippen molar-refractivity contribution in [1.29, 1.82) is 0 Å². The lowest BCUT2D eigenvalue weighted by Crippen LogP contribution is -2.20. The molecule has 1 amide bonds. The quantitative estimate of drug-likeness (QED) is 0.553. The molecule has 3 aromatic carbocycles. The van der Waals surface area contributed by atoms with E-state index in [0.29, 0.717) is 17.0 Å². The van der Waals surface area contributed by atoms with Crippen LogP contribution in [0.5, 0.6) is 5.75 Å². The van der Waals surface area contributed by atoms with Crippen LogP contribution in [0, 0.1) is 20.8 Å². The minimum absolute atomic E-state index is 0.0585. The Kier molecular flexibility index (Phi) is 4.99. The van der Waals surface area contributed by atoms with E-state index in [4.69, 9.17) is 4.74 Å². The highest BCUT2D eigenvalue weighted by molar-refractivity contribution is 5.93. The Morgan fingerprint density at radius 1 is 0.862 bits per heavy atom. The third-order valence-electron chi connectivity index (χ3n) is 4.49. The van der Waals surface area contributed by atoms with E-state index in [1.54, 1.807) is 4.80 Å². The molecule has 0 saturated heterocycles. The number of hydrogen-bond acceptors (Lipinski definition) is 4. The van der Waals surface area contributed by atoms with Crippen molar-refractivity contribution in [2.75, 3.05) is 11.9 Å². The maximum Gasteiger partial charge on any atom is 0.262 e. The highest BCUT2D eigenvalue weighted by Gasteiger charge is 2.09. The number of rotatable bonds is 5. The van der Waals surface area contributed by atoms with Gasteiger partial charge in [-0.15, -0.1) is 10.2 Å². The molecular formula is C23H22N4O2. The third-order valence-corrected chi connectivity index (χ3v) is 4.49. The van der Waals surface area contributed by atoms with Crippen molar-refractivity contribution in [3.05, 3.63) is 77.4 Å². The molecule has 6 heteroatoms. The molecule has 6 nitrogen and oxygen atoms in total. The van der Waals surface area contributed by atoms with Crippen LogP contribution in [0.1, 0.15) is 16.7 Å². The molecular weight excluding hydrogens is 364 g/mol. The lowest BCUT2D eigenvalue weighted by atomic mass is 10.1. The molecule has 4 rings (SSSR count). The Hall–Kier alpha value is -3.67. The number of aryl methyl sites for hydroxylation is 3. The van der Waals surface area contributed by atoms with E-state index in [2.05, 4.69) is 21.6 Å². The number of hydrogen-bond donors (Lipinski definition) is 1. The van der Waals surface area contributed by atoms with Crippen molar-refractivity contribution < 1.29 is 9.53 Å². The maximum atomic E-state index is 12.3. The first-order valence-electron chi connectivity index (χ1n) is 9.41. The van der Waals surface area contributed by atoms with E-state index in [1.165, 1.54) is 5.56 Å². The molecule has 0 bridgehead atoms. The SMILES string of the molecule is Cc1ccc(-n2nc3ccc(NC(=O)COc4cc(C)cc(C)c4)cc3n2)cc1. The second-order valence-electron chi connectivity index (χ2n) is 7.19. The van der Waals surface area contributed by atoms with Gasteiger partial charge in [-0.2, -0.15) is 4.80 Å². The van der Waals surface area contributed by atoms with Crippen molar-refractivity contribution in [3.8, 4) is 11.4 Å². The number of aromatic nitrogens is 3. The number of carbonyl (C=O) groups is 1. The maximum absolute atomic E-state index is 12.3. The van der Waals surface area contributed by atoms with Crippen molar-refractivity contribution in [2.45, 2.75) is 20.8 Å². The molecule has 1 aromatic heterocycles. The molecule has 0 aliphatic carbocycles. The number of amides is 1. The first kappa shape index (κ1) is 18.7. The summed E-state index contributed by atoms with van der Waals surface area (Å²) in [5.41, 5.74) is 6.39. The number of carbonyl (C=O) groups excluding carboxylic acids is 1. The average Bonchev–Trinajstić information content (AvgIpc) is 3.09. The Morgan fingerprint density at radius 2 is 1.55 bits per heavy atom. The van der Waals surface area contributed by atoms with Gasteiger partial charge in [0.15, 0.2) is 6.61 Å². The summed E-state index contributed by atoms with van der Waals surface area (Å²) in [7, 11) is 0. The minimum Gasteiger partial charge on any atom is -0.484 e. The minimum atomic E-state index is -0.227. The lowest BCUT2D eigenvalue weighted by Gasteiger charge is -2.09. The number of ether oxygens (including phenoxy) is 1. The highest BCUT2D eigenvalue weighted by atomic mass is 16.5. The summed E-state index contributed by atoms with van der Waals surface area (Å²) < 4.78 is 5.62. The van der Waals surface area contributed by atoms with Crippen molar-refractivity contribution in [1.82, 2.24) is 15.0 Å². The van der Waals surface area contributed by atoms with Gasteiger partial charge in [0.2, 0.25) is 0 Å². The summed E-state index contributed by atoms with van der Waals surface area (Å²) >= 11 is 0. The first-order valence-corrected chi connectivity index (χ1v) is 9.41. The van der Waals surface area contributed by atoms with Gasteiger partial charge in [-0.25, -0.2) is 0 Å². The van der Waals surface area contributed by atoms with E-state index in [0.717, 1.165) is 22.3 Å². The van der Waals surface area contributed by atoms with E-state index < -0.39 is 0 Å². The molecule has 0 fully saturated rings. The van der Waals surface area contributed by atoms with Crippen molar-refractivity contribution in [2.24, 2.45) is 0 Å². The molecule has 0 saturated carbocycles. The van der Waals surface area contributed by atoms with Crippen LogP contribution >= 0.6 is 0 Å². The van der Waals surface area contributed by atoms with Crippen LogP contribution in [0.2, 0.25) is 0 Å².